The third-order valence-electron chi connectivity index (χ3n) is 1.56. The van der Waals surface area contributed by atoms with Crippen LogP contribution in [0.15, 0.2) is 16.6 Å². The van der Waals surface area contributed by atoms with Crippen LogP contribution in [0.25, 0.3) is 0 Å². The van der Waals surface area contributed by atoms with Gasteiger partial charge in [-0.15, -0.1) is 11.6 Å². The number of hydrogen-bond acceptors (Lipinski definition) is 0. The van der Waals surface area contributed by atoms with Gasteiger partial charge in [0.15, 0.2) is 0 Å². The summed E-state index contributed by atoms with van der Waals surface area (Å²) in [5, 5.41) is 0. The van der Waals surface area contributed by atoms with E-state index in [9.17, 15) is 0 Å². The molecule has 0 N–H and O–H groups in total. The van der Waals surface area contributed by atoms with Crippen LogP contribution in [0.2, 0.25) is 0 Å². The zero-order valence-electron chi connectivity index (χ0n) is 6.00. The zero-order chi connectivity index (χ0) is 8.43. The van der Waals surface area contributed by atoms with Crippen LogP contribution in [-0.4, -0.2) is 0 Å². The summed E-state index contributed by atoms with van der Waals surface area (Å²) in [6, 6.07) is 4.17. The highest BCUT2D eigenvalue weighted by Crippen LogP contribution is 2.27. The topological polar surface area (TPSA) is 0 Å². The largest absolute Gasteiger partial charge is 0.121 e. The molecule has 1 aromatic rings. The van der Waals surface area contributed by atoms with Gasteiger partial charge < -0.3 is 0 Å². The molecular formula is C8H7BrClI. The molecule has 0 heterocycles. The van der Waals surface area contributed by atoms with Crippen LogP contribution in [0.4, 0.5) is 0 Å². The number of aryl methyl sites for hydroxylation is 1. The van der Waals surface area contributed by atoms with Crippen molar-refractivity contribution in [2.75, 3.05) is 0 Å². The molecule has 1 rings (SSSR count). The maximum absolute atomic E-state index is 5.78. The van der Waals surface area contributed by atoms with Gasteiger partial charge in [0, 0.05) is 13.9 Å². The van der Waals surface area contributed by atoms with Crippen molar-refractivity contribution in [2.24, 2.45) is 0 Å². The van der Waals surface area contributed by atoms with Gasteiger partial charge in [0.2, 0.25) is 0 Å². The summed E-state index contributed by atoms with van der Waals surface area (Å²) in [5.74, 6) is 0.573. The fraction of sp³-hybridized carbons (Fsp3) is 0.250. The minimum Gasteiger partial charge on any atom is -0.121 e. The van der Waals surface area contributed by atoms with E-state index in [2.05, 4.69) is 57.6 Å². The fourth-order valence-corrected chi connectivity index (χ4v) is 2.45. The predicted octanol–water partition coefficient (Wildman–Crippen LogP) is 4.10. The second-order valence-electron chi connectivity index (χ2n) is 2.29. The molecule has 3 heteroatoms. The molecule has 0 saturated carbocycles. The lowest BCUT2D eigenvalue weighted by molar-refractivity contribution is 1.26. The Morgan fingerprint density at radius 3 is 2.64 bits per heavy atom. The van der Waals surface area contributed by atoms with Gasteiger partial charge in [0.25, 0.3) is 0 Å². The van der Waals surface area contributed by atoms with Crippen LogP contribution < -0.4 is 0 Å². The van der Waals surface area contributed by atoms with Crippen molar-refractivity contribution in [2.45, 2.75) is 12.8 Å². The van der Waals surface area contributed by atoms with Gasteiger partial charge >= 0.3 is 0 Å². The Bertz CT molecular complexity index is 273. The summed E-state index contributed by atoms with van der Waals surface area (Å²) in [6.07, 6.45) is 0. The van der Waals surface area contributed by atoms with Crippen LogP contribution in [0, 0.1) is 10.5 Å². The van der Waals surface area contributed by atoms with E-state index in [1.807, 2.05) is 0 Å². The molecule has 0 unspecified atom stereocenters. The highest BCUT2D eigenvalue weighted by Gasteiger charge is 2.04. The summed E-state index contributed by atoms with van der Waals surface area (Å²) in [6.45, 7) is 2.07. The highest BCUT2D eigenvalue weighted by molar-refractivity contribution is 14.1. The molecule has 1 aromatic carbocycles. The maximum atomic E-state index is 5.78. The molecule has 0 fully saturated rings. The van der Waals surface area contributed by atoms with E-state index in [1.165, 1.54) is 14.7 Å². The summed E-state index contributed by atoms with van der Waals surface area (Å²) >= 11 is 11.6. The van der Waals surface area contributed by atoms with Crippen LogP contribution in [0.3, 0.4) is 0 Å². The standard InChI is InChI=1S/C8H7BrClI/c1-5-2-3-7(11)8(9)6(5)4-10/h2-3H,4H2,1H3. The number of alkyl halides is 1. The number of benzene rings is 1. The third kappa shape index (κ3) is 2.10. The Morgan fingerprint density at radius 2 is 2.18 bits per heavy atom. The van der Waals surface area contributed by atoms with Crippen LogP contribution >= 0.6 is 50.1 Å². The highest BCUT2D eigenvalue weighted by atomic mass is 127. The van der Waals surface area contributed by atoms with E-state index in [0.717, 1.165) is 4.47 Å². The fourth-order valence-electron chi connectivity index (χ4n) is 0.853. The number of halogens is 3. The van der Waals surface area contributed by atoms with Gasteiger partial charge in [-0.25, -0.2) is 0 Å². The summed E-state index contributed by atoms with van der Waals surface area (Å²) in [4.78, 5) is 0. The third-order valence-corrected chi connectivity index (χ3v) is 4.38. The Kier molecular flexibility index (Phi) is 3.65. The van der Waals surface area contributed by atoms with Gasteiger partial charge in [-0.05, 0) is 62.6 Å². The smallest absolute Gasteiger partial charge is 0.0488 e. The second-order valence-corrected chi connectivity index (χ2v) is 4.51. The summed E-state index contributed by atoms with van der Waals surface area (Å²) in [5.41, 5.74) is 2.44. The molecule has 0 radical (unpaired) electrons. The first kappa shape index (κ1) is 9.81. The van der Waals surface area contributed by atoms with E-state index in [1.54, 1.807) is 0 Å². The molecule has 0 aliphatic rings. The Morgan fingerprint density at radius 1 is 1.55 bits per heavy atom. The molecule has 0 bridgehead atoms. The lowest BCUT2D eigenvalue weighted by atomic mass is 10.1. The summed E-state index contributed by atoms with van der Waals surface area (Å²) in [7, 11) is 0. The SMILES string of the molecule is Cc1ccc(I)c(Br)c1CCl. The van der Waals surface area contributed by atoms with Crippen LogP contribution in [-0.2, 0) is 5.88 Å². The van der Waals surface area contributed by atoms with Crippen molar-refractivity contribution >= 4 is 50.1 Å². The van der Waals surface area contributed by atoms with Crippen molar-refractivity contribution < 1.29 is 0 Å². The monoisotopic (exact) mass is 344 g/mol. The van der Waals surface area contributed by atoms with Gasteiger partial charge in [0.1, 0.15) is 0 Å². The van der Waals surface area contributed by atoms with E-state index < -0.39 is 0 Å². The predicted molar refractivity (Wildman–Crippen MR) is 61.2 cm³/mol. The van der Waals surface area contributed by atoms with Crippen molar-refractivity contribution in [1.82, 2.24) is 0 Å². The van der Waals surface area contributed by atoms with E-state index >= 15 is 0 Å². The maximum Gasteiger partial charge on any atom is 0.0488 e. The van der Waals surface area contributed by atoms with Crippen molar-refractivity contribution in [3.8, 4) is 0 Å². The molecule has 11 heavy (non-hydrogen) atoms. The van der Waals surface area contributed by atoms with Gasteiger partial charge in [-0.1, -0.05) is 6.07 Å². The Balaban J connectivity index is 3.29. The summed E-state index contributed by atoms with van der Waals surface area (Å²) < 4.78 is 2.34. The van der Waals surface area contributed by atoms with E-state index in [-0.39, 0.29) is 0 Å². The van der Waals surface area contributed by atoms with Crippen molar-refractivity contribution in [1.29, 1.82) is 0 Å². The number of rotatable bonds is 1. The van der Waals surface area contributed by atoms with Crippen molar-refractivity contribution in [3.63, 3.8) is 0 Å². The quantitative estimate of drug-likeness (QED) is 0.531. The number of hydrogen-bond donors (Lipinski definition) is 0. The van der Waals surface area contributed by atoms with Gasteiger partial charge in [-0.3, -0.25) is 0 Å². The molecule has 0 aromatic heterocycles. The minimum atomic E-state index is 0.573. The molecule has 0 aliphatic carbocycles. The van der Waals surface area contributed by atoms with Crippen LogP contribution in [0.1, 0.15) is 11.1 Å². The molecule has 0 saturated heterocycles. The first-order valence-corrected chi connectivity index (χ1v) is 5.57. The van der Waals surface area contributed by atoms with Crippen LogP contribution in [0.5, 0.6) is 0 Å². The second kappa shape index (κ2) is 4.10. The lowest BCUT2D eigenvalue weighted by Gasteiger charge is -2.05. The minimum absolute atomic E-state index is 0.573. The molecule has 0 aliphatic heterocycles. The first-order valence-electron chi connectivity index (χ1n) is 3.16. The molecule has 0 nitrogen and oxygen atoms in total. The van der Waals surface area contributed by atoms with E-state index in [0.29, 0.717) is 5.88 Å². The van der Waals surface area contributed by atoms with Crippen molar-refractivity contribution in [3.05, 3.63) is 31.3 Å². The van der Waals surface area contributed by atoms with E-state index in [4.69, 9.17) is 11.6 Å². The first-order chi connectivity index (χ1) is 5.16. The molecular weight excluding hydrogens is 338 g/mol. The molecule has 0 atom stereocenters. The average molecular weight is 345 g/mol. The molecule has 0 amide bonds. The normalized spacial score (nSPS) is 10.2. The lowest BCUT2D eigenvalue weighted by Crippen LogP contribution is -1.88. The Hall–Kier alpha value is 0.720. The molecule has 0 spiro atoms. The van der Waals surface area contributed by atoms with Gasteiger partial charge in [-0.2, -0.15) is 0 Å². The van der Waals surface area contributed by atoms with Gasteiger partial charge in [0.05, 0.1) is 0 Å². The average Bonchev–Trinajstić information content (AvgIpc) is 1.99. The molecule has 60 valence electrons. The Labute approximate surface area is 93.6 Å². The zero-order valence-corrected chi connectivity index (χ0v) is 10.5.